The van der Waals surface area contributed by atoms with Gasteiger partial charge in [-0.25, -0.2) is 4.79 Å². The Bertz CT molecular complexity index is 525. The Kier molecular flexibility index (Phi) is 5.75. The quantitative estimate of drug-likeness (QED) is 0.510. The van der Waals surface area contributed by atoms with Crippen molar-refractivity contribution in [1.82, 2.24) is 0 Å². The Hall–Kier alpha value is -2.14. The molecule has 1 aromatic rings. The fraction of sp³-hybridized carbons (Fsp3) is 0.154. The molecule has 6 heteroatoms. The Morgan fingerprint density at radius 3 is 2.74 bits per heavy atom. The zero-order chi connectivity index (χ0) is 14.3. The summed E-state index contributed by atoms with van der Waals surface area (Å²) >= 11 is 5.72. The maximum Gasteiger partial charge on any atom is 0.330 e. The number of carbonyl (C=O) groups is 3. The van der Waals surface area contributed by atoms with Crippen molar-refractivity contribution in [3.8, 4) is 0 Å². The largest absolute Gasteiger partial charge is 0.463 e. The highest BCUT2D eigenvalue weighted by atomic mass is 35.5. The van der Waals surface area contributed by atoms with Crippen LogP contribution in [-0.4, -0.2) is 24.8 Å². The minimum Gasteiger partial charge on any atom is -0.463 e. The minimum absolute atomic E-state index is 0.233. The summed E-state index contributed by atoms with van der Waals surface area (Å²) in [6, 6.07) is 4.47. The first-order chi connectivity index (χ1) is 9.06. The van der Waals surface area contributed by atoms with Crippen molar-refractivity contribution in [3.05, 3.63) is 40.9 Å². The molecular weight excluding hydrogens is 270 g/mol. The zero-order valence-electron chi connectivity index (χ0n) is 10.2. The number of carbonyl (C=O) groups excluding carboxylic acids is 3. The van der Waals surface area contributed by atoms with Gasteiger partial charge in [0, 0.05) is 22.7 Å². The number of aldehydes is 1. The van der Waals surface area contributed by atoms with E-state index in [1.807, 2.05) is 0 Å². The fourth-order valence-electron chi connectivity index (χ4n) is 1.25. The summed E-state index contributed by atoms with van der Waals surface area (Å²) < 4.78 is 4.62. The van der Waals surface area contributed by atoms with E-state index in [4.69, 9.17) is 11.6 Å². The Balaban J connectivity index is 2.72. The summed E-state index contributed by atoms with van der Waals surface area (Å²) in [7, 11) is 0. The molecule has 0 aliphatic rings. The molecule has 0 aliphatic carbocycles. The monoisotopic (exact) mass is 281 g/mol. The number of benzene rings is 1. The lowest BCUT2D eigenvalue weighted by atomic mass is 10.2. The lowest BCUT2D eigenvalue weighted by Gasteiger charge is -2.05. The average molecular weight is 282 g/mol. The van der Waals surface area contributed by atoms with Gasteiger partial charge in [0.2, 0.25) is 5.91 Å². The standard InChI is InChI=1S/C13H12ClNO4/c1-2-19-13(18)6-5-12(17)15-11-4-3-10(14)7-9(11)8-16/h3-8H,2H2,1H3,(H,15,17)/b6-5+. The molecule has 0 spiro atoms. The van der Waals surface area contributed by atoms with Crippen LogP contribution in [0.15, 0.2) is 30.4 Å². The van der Waals surface area contributed by atoms with Crippen LogP contribution in [0.5, 0.6) is 0 Å². The molecule has 1 aromatic carbocycles. The number of rotatable bonds is 5. The lowest BCUT2D eigenvalue weighted by Crippen LogP contribution is -2.11. The average Bonchev–Trinajstić information content (AvgIpc) is 2.39. The fourth-order valence-corrected chi connectivity index (χ4v) is 1.43. The molecule has 0 unspecified atom stereocenters. The van der Waals surface area contributed by atoms with Crippen LogP contribution in [0.1, 0.15) is 17.3 Å². The molecule has 0 radical (unpaired) electrons. The van der Waals surface area contributed by atoms with Crippen molar-refractivity contribution in [3.63, 3.8) is 0 Å². The Morgan fingerprint density at radius 1 is 1.37 bits per heavy atom. The third-order valence-corrected chi connectivity index (χ3v) is 2.29. The van der Waals surface area contributed by atoms with Gasteiger partial charge in [-0.05, 0) is 25.1 Å². The molecule has 1 rings (SSSR count). The number of halogens is 1. The predicted octanol–water partition coefficient (Wildman–Crippen LogP) is 2.21. The minimum atomic E-state index is -0.607. The first kappa shape index (κ1) is 14.9. The van der Waals surface area contributed by atoms with E-state index in [0.717, 1.165) is 12.2 Å². The Labute approximate surface area is 115 Å². The van der Waals surface area contributed by atoms with Crippen LogP contribution in [0.3, 0.4) is 0 Å². The van der Waals surface area contributed by atoms with Gasteiger partial charge in [-0.15, -0.1) is 0 Å². The summed E-state index contributed by atoms with van der Waals surface area (Å²) in [6.45, 7) is 1.90. The molecule has 0 bridgehead atoms. The summed E-state index contributed by atoms with van der Waals surface area (Å²) in [5.41, 5.74) is 0.572. The summed E-state index contributed by atoms with van der Waals surface area (Å²) in [4.78, 5) is 33.3. The molecule has 5 nitrogen and oxygen atoms in total. The maximum absolute atomic E-state index is 11.5. The van der Waals surface area contributed by atoms with Crippen LogP contribution in [0, 0.1) is 0 Å². The third-order valence-electron chi connectivity index (χ3n) is 2.06. The first-order valence-electron chi connectivity index (χ1n) is 5.47. The second-order valence-electron chi connectivity index (χ2n) is 3.42. The van der Waals surface area contributed by atoms with Gasteiger partial charge < -0.3 is 10.1 Å². The van der Waals surface area contributed by atoms with E-state index < -0.39 is 11.9 Å². The molecule has 0 saturated heterocycles. The second-order valence-corrected chi connectivity index (χ2v) is 3.86. The smallest absolute Gasteiger partial charge is 0.330 e. The van der Waals surface area contributed by atoms with Gasteiger partial charge >= 0.3 is 5.97 Å². The zero-order valence-corrected chi connectivity index (χ0v) is 10.9. The van der Waals surface area contributed by atoms with Gasteiger partial charge in [0.05, 0.1) is 12.3 Å². The number of amides is 1. The molecule has 0 heterocycles. The molecule has 0 saturated carbocycles. The van der Waals surface area contributed by atoms with Gasteiger partial charge in [0.15, 0.2) is 6.29 Å². The maximum atomic E-state index is 11.5. The van der Waals surface area contributed by atoms with Crippen LogP contribution in [0.25, 0.3) is 0 Å². The number of esters is 1. The van der Waals surface area contributed by atoms with E-state index in [2.05, 4.69) is 10.1 Å². The van der Waals surface area contributed by atoms with E-state index in [1.54, 1.807) is 13.0 Å². The van der Waals surface area contributed by atoms with Crippen LogP contribution < -0.4 is 5.32 Å². The van der Waals surface area contributed by atoms with E-state index in [-0.39, 0.29) is 12.2 Å². The number of anilines is 1. The lowest BCUT2D eigenvalue weighted by molar-refractivity contribution is -0.137. The van der Waals surface area contributed by atoms with Crippen molar-refractivity contribution >= 4 is 35.5 Å². The van der Waals surface area contributed by atoms with Crippen molar-refractivity contribution in [2.45, 2.75) is 6.92 Å². The van der Waals surface area contributed by atoms with Gasteiger partial charge in [0.25, 0.3) is 0 Å². The molecule has 100 valence electrons. The topological polar surface area (TPSA) is 72.5 Å². The molecule has 0 aliphatic heterocycles. The van der Waals surface area contributed by atoms with Gasteiger partial charge in [0.1, 0.15) is 0 Å². The van der Waals surface area contributed by atoms with Crippen LogP contribution in [-0.2, 0) is 14.3 Å². The molecule has 0 atom stereocenters. The van der Waals surface area contributed by atoms with Crippen LogP contribution in [0.4, 0.5) is 5.69 Å². The van der Waals surface area contributed by atoms with Gasteiger partial charge in [-0.2, -0.15) is 0 Å². The predicted molar refractivity (Wildman–Crippen MR) is 71.2 cm³/mol. The van der Waals surface area contributed by atoms with Crippen LogP contribution >= 0.6 is 11.6 Å². The van der Waals surface area contributed by atoms with Crippen LogP contribution in [0.2, 0.25) is 5.02 Å². The Morgan fingerprint density at radius 2 is 2.11 bits per heavy atom. The van der Waals surface area contributed by atoms with E-state index in [0.29, 0.717) is 17.0 Å². The van der Waals surface area contributed by atoms with E-state index in [9.17, 15) is 14.4 Å². The summed E-state index contributed by atoms with van der Waals surface area (Å²) in [5, 5.41) is 2.85. The summed E-state index contributed by atoms with van der Waals surface area (Å²) in [6.07, 6.45) is 2.62. The van der Waals surface area contributed by atoms with E-state index in [1.165, 1.54) is 12.1 Å². The summed E-state index contributed by atoms with van der Waals surface area (Å²) in [5.74, 6) is -1.15. The number of ether oxygens (including phenoxy) is 1. The second kappa shape index (κ2) is 7.33. The number of hydrogen-bond donors (Lipinski definition) is 1. The molecule has 0 fully saturated rings. The normalized spacial score (nSPS) is 10.2. The van der Waals surface area contributed by atoms with Gasteiger partial charge in [-0.1, -0.05) is 11.6 Å². The molecular formula is C13H12ClNO4. The SMILES string of the molecule is CCOC(=O)/C=C/C(=O)Nc1ccc(Cl)cc1C=O. The van der Waals surface area contributed by atoms with Gasteiger partial charge in [-0.3, -0.25) is 9.59 Å². The number of nitrogens with one attached hydrogen (secondary N) is 1. The highest BCUT2D eigenvalue weighted by Crippen LogP contribution is 2.18. The van der Waals surface area contributed by atoms with Crippen molar-refractivity contribution in [2.75, 3.05) is 11.9 Å². The highest BCUT2D eigenvalue weighted by molar-refractivity contribution is 6.31. The van der Waals surface area contributed by atoms with E-state index >= 15 is 0 Å². The molecule has 19 heavy (non-hydrogen) atoms. The molecule has 0 aromatic heterocycles. The van der Waals surface area contributed by atoms with Crippen molar-refractivity contribution < 1.29 is 19.1 Å². The van der Waals surface area contributed by atoms with Crippen molar-refractivity contribution in [2.24, 2.45) is 0 Å². The first-order valence-corrected chi connectivity index (χ1v) is 5.85. The van der Waals surface area contributed by atoms with Crippen molar-refractivity contribution in [1.29, 1.82) is 0 Å². The molecule has 1 amide bonds. The molecule has 1 N–H and O–H groups in total. The number of hydrogen-bond acceptors (Lipinski definition) is 4. The third kappa shape index (κ3) is 4.93. The highest BCUT2D eigenvalue weighted by Gasteiger charge is 2.05.